The number of fused-ring (bicyclic) bond motifs is 1. The van der Waals surface area contributed by atoms with E-state index in [1.807, 2.05) is 37.4 Å². The maximum absolute atomic E-state index is 12.5. The third kappa shape index (κ3) is 3.24. The first-order valence-corrected chi connectivity index (χ1v) is 8.51. The number of thiophene rings is 1. The molecule has 0 saturated carbocycles. The summed E-state index contributed by atoms with van der Waals surface area (Å²) in [6, 6.07) is 5.94. The molecule has 0 bridgehead atoms. The molecule has 3 aromatic rings. The highest BCUT2D eigenvalue weighted by molar-refractivity contribution is 7.10. The van der Waals surface area contributed by atoms with Gasteiger partial charge in [-0.15, -0.1) is 16.4 Å². The Bertz CT molecular complexity index is 824. The van der Waals surface area contributed by atoms with Gasteiger partial charge in [0.1, 0.15) is 0 Å². The highest BCUT2D eigenvalue weighted by Gasteiger charge is 2.20. The summed E-state index contributed by atoms with van der Waals surface area (Å²) in [4.78, 5) is 22.2. The zero-order valence-electron chi connectivity index (χ0n) is 13.4. The van der Waals surface area contributed by atoms with Gasteiger partial charge in [0.25, 0.3) is 11.7 Å². The first kappa shape index (κ1) is 15.6. The fourth-order valence-corrected chi connectivity index (χ4v) is 3.36. The Morgan fingerprint density at radius 2 is 2.22 bits per heavy atom. The van der Waals surface area contributed by atoms with Crippen molar-refractivity contribution in [3.05, 3.63) is 45.7 Å². The second-order valence-corrected chi connectivity index (χ2v) is 6.50. The predicted octanol–water partition coefficient (Wildman–Crippen LogP) is 3.07. The molecule has 0 spiro atoms. The van der Waals surface area contributed by atoms with Gasteiger partial charge in [0, 0.05) is 16.3 Å². The van der Waals surface area contributed by atoms with E-state index in [4.69, 9.17) is 0 Å². The Morgan fingerprint density at radius 1 is 1.39 bits per heavy atom. The van der Waals surface area contributed by atoms with Crippen molar-refractivity contribution < 1.29 is 4.79 Å². The fourth-order valence-electron chi connectivity index (χ4n) is 2.55. The summed E-state index contributed by atoms with van der Waals surface area (Å²) in [7, 11) is 0. The van der Waals surface area contributed by atoms with Crippen molar-refractivity contribution in [1.29, 1.82) is 0 Å². The highest BCUT2D eigenvalue weighted by Crippen LogP contribution is 2.23. The number of hydrogen-bond acceptors (Lipinski definition) is 5. The normalized spacial score (nSPS) is 12.5. The molecule has 1 amide bonds. The Labute approximate surface area is 138 Å². The van der Waals surface area contributed by atoms with E-state index in [1.165, 1.54) is 0 Å². The van der Waals surface area contributed by atoms with Gasteiger partial charge >= 0.3 is 0 Å². The van der Waals surface area contributed by atoms with Crippen LogP contribution in [0.2, 0.25) is 0 Å². The summed E-state index contributed by atoms with van der Waals surface area (Å²) in [6.45, 7) is 5.92. The average molecular weight is 329 g/mol. The van der Waals surface area contributed by atoms with Crippen LogP contribution in [0.25, 0.3) is 5.78 Å². The third-order valence-corrected chi connectivity index (χ3v) is 4.58. The number of nitrogens with zero attached hydrogens (tertiary/aromatic N) is 4. The number of hydrogen-bond donors (Lipinski definition) is 1. The van der Waals surface area contributed by atoms with Crippen LogP contribution >= 0.6 is 11.3 Å². The molecule has 0 aliphatic heterocycles. The molecule has 3 rings (SSSR count). The van der Waals surface area contributed by atoms with Crippen molar-refractivity contribution in [2.24, 2.45) is 0 Å². The van der Waals surface area contributed by atoms with Crippen molar-refractivity contribution >= 4 is 23.0 Å². The molecule has 0 aliphatic rings. The van der Waals surface area contributed by atoms with Crippen LogP contribution in [0.5, 0.6) is 0 Å². The second kappa shape index (κ2) is 6.45. The SMILES string of the molecule is CCC[C@H](NC(=O)c1nc2nc(C)cc(C)n2n1)c1cccs1. The van der Waals surface area contributed by atoms with Gasteiger partial charge in [-0.2, -0.15) is 4.98 Å². The van der Waals surface area contributed by atoms with Gasteiger partial charge in [-0.05, 0) is 37.8 Å². The first-order valence-electron chi connectivity index (χ1n) is 7.63. The molecule has 0 aliphatic carbocycles. The predicted molar refractivity (Wildman–Crippen MR) is 89.7 cm³/mol. The molecule has 0 radical (unpaired) electrons. The number of carbonyl (C=O) groups is 1. The van der Waals surface area contributed by atoms with Crippen LogP contribution in [-0.4, -0.2) is 25.5 Å². The van der Waals surface area contributed by atoms with E-state index in [0.29, 0.717) is 5.78 Å². The number of nitrogens with one attached hydrogen (secondary N) is 1. The topological polar surface area (TPSA) is 72.2 Å². The molecule has 6 nitrogen and oxygen atoms in total. The molecule has 0 unspecified atom stereocenters. The number of aryl methyl sites for hydroxylation is 2. The standard InChI is InChI=1S/C16H19N5OS/c1-4-6-12(13-7-5-8-23-13)18-15(22)14-19-16-17-10(2)9-11(3)21(16)20-14/h5,7-9,12H,4,6H2,1-3H3,(H,18,22)/t12-/m0/s1. The van der Waals surface area contributed by atoms with Crippen LogP contribution in [0.1, 0.15) is 52.7 Å². The van der Waals surface area contributed by atoms with Crippen molar-refractivity contribution in [3.63, 3.8) is 0 Å². The molecule has 1 N–H and O–H groups in total. The second-order valence-electron chi connectivity index (χ2n) is 5.52. The van der Waals surface area contributed by atoms with E-state index in [-0.39, 0.29) is 17.8 Å². The molecule has 0 saturated heterocycles. The van der Waals surface area contributed by atoms with E-state index in [0.717, 1.165) is 29.1 Å². The third-order valence-electron chi connectivity index (χ3n) is 3.59. The van der Waals surface area contributed by atoms with Crippen LogP contribution < -0.4 is 5.32 Å². The zero-order chi connectivity index (χ0) is 16.4. The summed E-state index contributed by atoms with van der Waals surface area (Å²) >= 11 is 1.64. The van der Waals surface area contributed by atoms with Crippen molar-refractivity contribution in [3.8, 4) is 0 Å². The van der Waals surface area contributed by atoms with Gasteiger partial charge in [-0.25, -0.2) is 9.50 Å². The van der Waals surface area contributed by atoms with Gasteiger partial charge in [0.05, 0.1) is 6.04 Å². The van der Waals surface area contributed by atoms with E-state index >= 15 is 0 Å². The maximum Gasteiger partial charge on any atom is 0.291 e. The van der Waals surface area contributed by atoms with E-state index in [2.05, 4.69) is 27.3 Å². The van der Waals surface area contributed by atoms with Crippen LogP contribution in [0.4, 0.5) is 0 Å². The maximum atomic E-state index is 12.5. The lowest BCUT2D eigenvalue weighted by Gasteiger charge is -2.15. The lowest BCUT2D eigenvalue weighted by molar-refractivity contribution is 0.0925. The minimum absolute atomic E-state index is 0.00472. The van der Waals surface area contributed by atoms with Crippen molar-refractivity contribution in [2.75, 3.05) is 0 Å². The van der Waals surface area contributed by atoms with E-state index < -0.39 is 0 Å². The lowest BCUT2D eigenvalue weighted by Crippen LogP contribution is -2.29. The summed E-state index contributed by atoms with van der Waals surface area (Å²) in [5.74, 6) is 0.346. The molecule has 3 aromatic heterocycles. The van der Waals surface area contributed by atoms with Gasteiger partial charge < -0.3 is 5.32 Å². The van der Waals surface area contributed by atoms with Crippen LogP contribution in [0.15, 0.2) is 23.6 Å². The van der Waals surface area contributed by atoms with Crippen LogP contribution in [-0.2, 0) is 0 Å². The molecular weight excluding hydrogens is 310 g/mol. The fraction of sp³-hybridized carbons (Fsp3) is 0.375. The van der Waals surface area contributed by atoms with Gasteiger partial charge in [0.2, 0.25) is 5.82 Å². The van der Waals surface area contributed by atoms with Gasteiger partial charge in [-0.3, -0.25) is 4.79 Å². The number of aromatic nitrogens is 4. The monoisotopic (exact) mass is 329 g/mol. The molecule has 3 heterocycles. The largest absolute Gasteiger partial charge is 0.342 e. The smallest absolute Gasteiger partial charge is 0.291 e. The minimum Gasteiger partial charge on any atom is -0.342 e. The average Bonchev–Trinajstić information content (AvgIpc) is 3.15. The molecule has 1 atom stereocenters. The Kier molecular flexibility index (Phi) is 4.38. The Morgan fingerprint density at radius 3 is 2.91 bits per heavy atom. The highest BCUT2D eigenvalue weighted by atomic mass is 32.1. The zero-order valence-corrected chi connectivity index (χ0v) is 14.2. The molecule has 0 fully saturated rings. The quantitative estimate of drug-likeness (QED) is 0.781. The number of rotatable bonds is 5. The van der Waals surface area contributed by atoms with Crippen LogP contribution in [0, 0.1) is 13.8 Å². The Balaban J connectivity index is 1.86. The van der Waals surface area contributed by atoms with E-state index in [1.54, 1.807) is 15.9 Å². The van der Waals surface area contributed by atoms with Gasteiger partial charge in [0.15, 0.2) is 0 Å². The summed E-state index contributed by atoms with van der Waals surface area (Å²) in [5, 5.41) is 9.34. The minimum atomic E-state index is -0.264. The summed E-state index contributed by atoms with van der Waals surface area (Å²) < 4.78 is 1.60. The molecular formula is C16H19N5OS. The number of carbonyl (C=O) groups excluding carboxylic acids is 1. The van der Waals surface area contributed by atoms with Crippen molar-refractivity contribution in [1.82, 2.24) is 24.9 Å². The number of amides is 1. The molecule has 120 valence electrons. The summed E-state index contributed by atoms with van der Waals surface area (Å²) in [6.07, 6.45) is 1.87. The molecule has 0 aromatic carbocycles. The summed E-state index contributed by atoms with van der Waals surface area (Å²) in [5.41, 5.74) is 1.76. The Hall–Kier alpha value is -2.28. The first-order chi connectivity index (χ1) is 11.1. The van der Waals surface area contributed by atoms with Gasteiger partial charge in [-0.1, -0.05) is 19.4 Å². The molecule has 23 heavy (non-hydrogen) atoms. The molecule has 7 heteroatoms. The lowest BCUT2D eigenvalue weighted by atomic mass is 10.1. The van der Waals surface area contributed by atoms with E-state index in [9.17, 15) is 4.79 Å². The van der Waals surface area contributed by atoms with Crippen LogP contribution in [0.3, 0.4) is 0 Å². The van der Waals surface area contributed by atoms with Crippen molar-refractivity contribution in [2.45, 2.75) is 39.7 Å².